The zero-order valence-electron chi connectivity index (χ0n) is 18.1. The summed E-state index contributed by atoms with van der Waals surface area (Å²) in [5.74, 6) is 1.08. The van der Waals surface area contributed by atoms with Gasteiger partial charge in [0.15, 0.2) is 0 Å². The molecule has 32 heavy (non-hydrogen) atoms. The van der Waals surface area contributed by atoms with E-state index in [1.54, 1.807) is 0 Å². The largest absolute Gasteiger partial charge is 0.416 e. The van der Waals surface area contributed by atoms with Crippen molar-refractivity contribution < 1.29 is 4.42 Å². The molecule has 0 fully saturated rings. The average molecular weight is 418 g/mol. The number of para-hydroxylation sites is 1. The Morgan fingerprint density at radius 1 is 0.750 bits per heavy atom. The van der Waals surface area contributed by atoms with Gasteiger partial charge in [-0.2, -0.15) is 0 Å². The minimum Gasteiger partial charge on any atom is -0.416 e. The van der Waals surface area contributed by atoms with Crippen LogP contribution >= 0.6 is 0 Å². The van der Waals surface area contributed by atoms with Gasteiger partial charge in [0.25, 0.3) is 0 Å². The van der Waals surface area contributed by atoms with E-state index in [0.717, 1.165) is 28.3 Å². The summed E-state index contributed by atoms with van der Waals surface area (Å²) in [4.78, 5) is 0. The van der Waals surface area contributed by atoms with Crippen molar-refractivity contribution in [2.75, 3.05) is 0 Å². The van der Waals surface area contributed by atoms with Crippen LogP contribution in [0, 0.1) is 0 Å². The van der Waals surface area contributed by atoms with Crippen LogP contribution in [0.15, 0.2) is 89.3 Å². The normalized spacial score (nSPS) is 12.7. The van der Waals surface area contributed by atoms with E-state index in [2.05, 4.69) is 89.3 Å². The molecule has 0 aliphatic carbocycles. The van der Waals surface area contributed by atoms with Gasteiger partial charge in [-0.05, 0) is 54.4 Å². The summed E-state index contributed by atoms with van der Waals surface area (Å²) in [6.07, 6.45) is 1.08. The van der Waals surface area contributed by atoms with Gasteiger partial charge in [0.2, 0.25) is 11.8 Å². The molecule has 4 nitrogen and oxygen atoms in total. The molecule has 6 rings (SSSR count). The summed E-state index contributed by atoms with van der Waals surface area (Å²) in [5.41, 5.74) is 4.38. The van der Waals surface area contributed by atoms with E-state index in [1.165, 1.54) is 21.8 Å². The molecule has 2 aromatic heterocycles. The zero-order chi connectivity index (χ0) is 21.7. The van der Waals surface area contributed by atoms with Crippen molar-refractivity contribution in [3.8, 4) is 22.9 Å². The van der Waals surface area contributed by atoms with Gasteiger partial charge < -0.3 is 8.98 Å². The fourth-order valence-corrected chi connectivity index (χ4v) is 4.65. The SMILES string of the molecule is CCC(C)n1c2ccccc2c2cc(-c3nnc(-c4cccc5ccccc45)o3)ccc21. The second-order valence-corrected chi connectivity index (χ2v) is 8.32. The van der Waals surface area contributed by atoms with Crippen molar-refractivity contribution in [1.82, 2.24) is 14.8 Å². The molecule has 156 valence electrons. The van der Waals surface area contributed by atoms with Gasteiger partial charge in [-0.25, -0.2) is 0 Å². The van der Waals surface area contributed by atoms with Crippen LogP contribution in [0.4, 0.5) is 0 Å². The van der Waals surface area contributed by atoms with Crippen LogP contribution in [0.25, 0.3) is 55.5 Å². The molecule has 0 aliphatic rings. The second kappa shape index (κ2) is 7.34. The number of rotatable bonds is 4. The van der Waals surface area contributed by atoms with E-state index in [4.69, 9.17) is 4.42 Å². The molecule has 0 saturated carbocycles. The number of hydrogen-bond donors (Lipinski definition) is 0. The summed E-state index contributed by atoms with van der Waals surface area (Å²) in [6, 6.07) is 29.9. The van der Waals surface area contributed by atoms with Crippen molar-refractivity contribution in [2.24, 2.45) is 0 Å². The van der Waals surface area contributed by atoms with Crippen LogP contribution in [0.2, 0.25) is 0 Å². The Labute approximate surface area is 186 Å². The Morgan fingerprint density at radius 3 is 2.34 bits per heavy atom. The standard InChI is InChI=1S/C28H23N3O/c1-3-18(2)31-25-14-7-6-12-22(25)24-17-20(15-16-26(24)31)27-29-30-28(32-27)23-13-8-10-19-9-4-5-11-21(19)23/h4-18H,3H2,1-2H3. The molecule has 0 bridgehead atoms. The van der Waals surface area contributed by atoms with E-state index in [1.807, 2.05) is 24.3 Å². The van der Waals surface area contributed by atoms with Gasteiger partial charge in [0.05, 0.1) is 0 Å². The molecule has 1 unspecified atom stereocenters. The van der Waals surface area contributed by atoms with Gasteiger partial charge in [0, 0.05) is 39.0 Å². The Hall–Kier alpha value is -3.92. The fraction of sp³-hybridized carbons (Fsp3) is 0.143. The van der Waals surface area contributed by atoms with Crippen molar-refractivity contribution in [3.05, 3.63) is 84.9 Å². The minimum absolute atomic E-state index is 0.421. The van der Waals surface area contributed by atoms with Crippen LogP contribution in [-0.4, -0.2) is 14.8 Å². The Morgan fingerprint density at radius 2 is 1.47 bits per heavy atom. The van der Waals surface area contributed by atoms with Crippen LogP contribution < -0.4 is 0 Å². The highest BCUT2D eigenvalue weighted by atomic mass is 16.4. The molecule has 0 saturated heterocycles. The van der Waals surface area contributed by atoms with Crippen molar-refractivity contribution in [2.45, 2.75) is 26.3 Å². The first-order valence-corrected chi connectivity index (χ1v) is 11.1. The summed E-state index contributed by atoms with van der Waals surface area (Å²) in [5, 5.41) is 13.5. The highest BCUT2D eigenvalue weighted by Crippen LogP contribution is 2.36. The van der Waals surface area contributed by atoms with Gasteiger partial charge >= 0.3 is 0 Å². The highest BCUT2D eigenvalue weighted by molar-refractivity contribution is 6.09. The molecule has 0 amide bonds. The van der Waals surface area contributed by atoms with Crippen LogP contribution in [0.3, 0.4) is 0 Å². The lowest BCUT2D eigenvalue weighted by Gasteiger charge is -2.14. The maximum absolute atomic E-state index is 6.17. The summed E-state index contributed by atoms with van der Waals surface area (Å²) in [6.45, 7) is 4.50. The summed E-state index contributed by atoms with van der Waals surface area (Å²) >= 11 is 0. The Kier molecular flexibility index (Phi) is 4.32. The predicted molar refractivity (Wildman–Crippen MR) is 131 cm³/mol. The lowest BCUT2D eigenvalue weighted by Crippen LogP contribution is -2.02. The fourth-order valence-electron chi connectivity index (χ4n) is 4.65. The van der Waals surface area contributed by atoms with Gasteiger partial charge in [0.1, 0.15) is 0 Å². The number of fused-ring (bicyclic) bond motifs is 4. The number of benzene rings is 4. The van der Waals surface area contributed by atoms with Crippen molar-refractivity contribution >= 4 is 32.6 Å². The van der Waals surface area contributed by atoms with Crippen LogP contribution in [-0.2, 0) is 0 Å². The van der Waals surface area contributed by atoms with Crippen molar-refractivity contribution in [1.29, 1.82) is 0 Å². The monoisotopic (exact) mass is 417 g/mol. The van der Waals surface area contributed by atoms with Gasteiger partial charge in [-0.3, -0.25) is 0 Å². The number of hydrogen-bond acceptors (Lipinski definition) is 3. The van der Waals surface area contributed by atoms with Crippen LogP contribution in [0.5, 0.6) is 0 Å². The first-order valence-electron chi connectivity index (χ1n) is 11.1. The molecular formula is C28H23N3O. The molecule has 6 aromatic rings. The first kappa shape index (κ1) is 18.8. The Bertz CT molecular complexity index is 1590. The molecule has 0 aliphatic heterocycles. The third-order valence-electron chi connectivity index (χ3n) is 6.43. The number of nitrogens with zero attached hydrogens (tertiary/aromatic N) is 3. The summed E-state index contributed by atoms with van der Waals surface area (Å²) in [7, 11) is 0. The average Bonchev–Trinajstić information content (AvgIpc) is 3.46. The van der Waals surface area contributed by atoms with E-state index in [0.29, 0.717) is 17.8 Å². The van der Waals surface area contributed by atoms with E-state index >= 15 is 0 Å². The maximum atomic E-state index is 6.17. The minimum atomic E-state index is 0.421. The Balaban J connectivity index is 1.50. The highest BCUT2D eigenvalue weighted by Gasteiger charge is 2.17. The topological polar surface area (TPSA) is 43.9 Å². The van der Waals surface area contributed by atoms with Crippen molar-refractivity contribution in [3.63, 3.8) is 0 Å². The van der Waals surface area contributed by atoms with Gasteiger partial charge in [-0.15, -0.1) is 10.2 Å². The second-order valence-electron chi connectivity index (χ2n) is 8.32. The maximum Gasteiger partial charge on any atom is 0.248 e. The first-order chi connectivity index (χ1) is 15.7. The third kappa shape index (κ3) is 2.83. The number of aromatic nitrogens is 3. The molecule has 2 heterocycles. The van der Waals surface area contributed by atoms with E-state index in [9.17, 15) is 0 Å². The predicted octanol–water partition coefficient (Wildman–Crippen LogP) is 7.64. The van der Waals surface area contributed by atoms with Crippen LogP contribution in [0.1, 0.15) is 26.3 Å². The molecule has 4 aromatic carbocycles. The smallest absolute Gasteiger partial charge is 0.248 e. The molecule has 0 radical (unpaired) electrons. The molecule has 1 atom stereocenters. The molecule has 0 spiro atoms. The quantitative estimate of drug-likeness (QED) is 0.296. The molecular weight excluding hydrogens is 394 g/mol. The molecule has 0 N–H and O–H groups in total. The lowest BCUT2D eigenvalue weighted by molar-refractivity contribution is 0.563. The summed E-state index contributed by atoms with van der Waals surface area (Å²) < 4.78 is 8.61. The lowest BCUT2D eigenvalue weighted by atomic mass is 10.0. The van der Waals surface area contributed by atoms with E-state index in [-0.39, 0.29) is 0 Å². The zero-order valence-corrected chi connectivity index (χ0v) is 18.1. The molecule has 4 heteroatoms. The van der Waals surface area contributed by atoms with Gasteiger partial charge in [-0.1, -0.05) is 61.5 Å². The van der Waals surface area contributed by atoms with E-state index < -0.39 is 0 Å². The third-order valence-corrected chi connectivity index (χ3v) is 6.43.